The number of hydrogen-bond donors (Lipinski definition) is 0. The summed E-state index contributed by atoms with van der Waals surface area (Å²) < 4.78 is 13.1. The number of hydrogen-bond acceptors (Lipinski definition) is 1. The van der Waals surface area contributed by atoms with Gasteiger partial charge >= 0.3 is 0 Å². The summed E-state index contributed by atoms with van der Waals surface area (Å²) in [4.78, 5) is 15.2. The molecule has 25 heavy (non-hydrogen) atoms. The first kappa shape index (κ1) is 16.6. The summed E-state index contributed by atoms with van der Waals surface area (Å²) in [6.07, 6.45) is 3.02. The van der Waals surface area contributed by atoms with E-state index < -0.39 is 0 Å². The van der Waals surface area contributed by atoms with Crippen LogP contribution in [0.3, 0.4) is 0 Å². The van der Waals surface area contributed by atoms with E-state index >= 15 is 0 Å². The van der Waals surface area contributed by atoms with Crippen LogP contribution in [0, 0.1) is 11.7 Å². The van der Waals surface area contributed by atoms with Gasteiger partial charge in [-0.2, -0.15) is 0 Å². The second-order valence-electron chi connectivity index (χ2n) is 7.20. The van der Waals surface area contributed by atoms with Crippen LogP contribution in [0.5, 0.6) is 0 Å². The molecule has 0 bridgehead atoms. The Balaban J connectivity index is 1.50. The number of rotatable bonds is 5. The minimum absolute atomic E-state index is 0.0285. The van der Waals surface area contributed by atoms with Gasteiger partial charge in [0.1, 0.15) is 5.82 Å². The summed E-state index contributed by atoms with van der Waals surface area (Å²) in [6, 6.07) is 14.7. The van der Waals surface area contributed by atoms with Crippen molar-refractivity contribution < 1.29 is 9.18 Å². The second-order valence-corrected chi connectivity index (χ2v) is 7.64. The molecule has 2 saturated carbocycles. The summed E-state index contributed by atoms with van der Waals surface area (Å²) in [6.45, 7) is 2.09. The first-order valence-corrected chi connectivity index (χ1v) is 9.25. The van der Waals surface area contributed by atoms with Gasteiger partial charge in [0.05, 0.1) is 6.04 Å². The molecule has 3 atom stereocenters. The molecule has 0 heterocycles. The van der Waals surface area contributed by atoms with Gasteiger partial charge in [-0.1, -0.05) is 35.9 Å². The zero-order valence-electron chi connectivity index (χ0n) is 14.2. The summed E-state index contributed by atoms with van der Waals surface area (Å²) in [7, 11) is 0. The maximum absolute atomic E-state index is 13.1. The van der Waals surface area contributed by atoms with Crippen molar-refractivity contribution in [2.45, 2.75) is 44.2 Å². The third-order valence-electron chi connectivity index (χ3n) is 5.37. The monoisotopic (exact) mass is 357 g/mol. The van der Waals surface area contributed by atoms with Crippen LogP contribution < -0.4 is 0 Å². The molecule has 0 spiro atoms. The van der Waals surface area contributed by atoms with Crippen LogP contribution in [0.25, 0.3) is 0 Å². The molecular formula is C21H21ClFNO. The van der Waals surface area contributed by atoms with E-state index in [4.69, 9.17) is 11.6 Å². The molecule has 0 saturated heterocycles. The van der Waals surface area contributed by atoms with E-state index in [2.05, 4.69) is 11.8 Å². The van der Waals surface area contributed by atoms with Crippen molar-refractivity contribution in [2.75, 3.05) is 0 Å². The Morgan fingerprint density at radius 3 is 2.36 bits per heavy atom. The predicted molar refractivity (Wildman–Crippen MR) is 97.0 cm³/mol. The van der Waals surface area contributed by atoms with E-state index in [-0.39, 0.29) is 29.6 Å². The van der Waals surface area contributed by atoms with Crippen molar-refractivity contribution in [3.05, 3.63) is 70.5 Å². The van der Waals surface area contributed by atoms with Crippen LogP contribution in [0.1, 0.15) is 49.3 Å². The van der Waals surface area contributed by atoms with Gasteiger partial charge in [-0.05, 0) is 67.5 Å². The van der Waals surface area contributed by atoms with E-state index in [1.807, 2.05) is 24.3 Å². The zero-order chi connectivity index (χ0) is 17.6. The van der Waals surface area contributed by atoms with Gasteiger partial charge in [0, 0.05) is 17.0 Å². The molecule has 0 aromatic heterocycles. The lowest BCUT2D eigenvalue weighted by atomic mass is 10.0. The van der Waals surface area contributed by atoms with Crippen molar-refractivity contribution in [3.63, 3.8) is 0 Å². The fourth-order valence-electron chi connectivity index (χ4n) is 3.68. The van der Waals surface area contributed by atoms with Crippen molar-refractivity contribution in [2.24, 2.45) is 5.92 Å². The Morgan fingerprint density at radius 2 is 1.76 bits per heavy atom. The molecule has 2 aromatic rings. The quantitative estimate of drug-likeness (QED) is 0.707. The number of carbonyl (C=O) groups excluding carboxylic acids is 1. The van der Waals surface area contributed by atoms with Crippen LogP contribution in [0.2, 0.25) is 5.02 Å². The van der Waals surface area contributed by atoms with Crippen molar-refractivity contribution in [1.82, 2.24) is 4.90 Å². The van der Waals surface area contributed by atoms with E-state index in [9.17, 15) is 9.18 Å². The lowest BCUT2D eigenvalue weighted by molar-refractivity contribution is -0.135. The fraction of sp³-hybridized carbons (Fsp3) is 0.381. The highest BCUT2D eigenvalue weighted by Gasteiger charge is 2.49. The summed E-state index contributed by atoms with van der Waals surface area (Å²) in [5, 5.41) is 0.707. The number of carbonyl (C=O) groups is 1. The molecular weight excluding hydrogens is 337 g/mol. The highest BCUT2D eigenvalue weighted by atomic mass is 35.5. The van der Waals surface area contributed by atoms with Gasteiger partial charge in [0.15, 0.2) is 0 Å². The summed E-state index contributed by atoms with van der Waals surface area (Å²) >= 11 is 5.98. The molecule has 0 aliphatic heterocycles. The number of halogens is 2. The topological polar surface area (TPSA) is 20.3 Å². The van der Waals surface area contributed by atoms with Crippen molar-refractivity contribution >= 4 is 17.5 Å². The predicted octanol–water partition coefficient (Wildman–Crippen LogP) is 5.33. The van der Waals surface area contributed by atoms with Gasteiger partial charge in [-0.25, -0.2) is 4.39 Å². The highest BCUT2D eigenvalue weighted by molar-refractivity contribution is 6.30. The third-order valence-corrected chi connectivity index (χ3v) is 5.62. The first-order valence-electron chi connectivity index (χ1n) is 8.87. The largest absolute Gasteiger partial charge is 0.333 e. The zero-order valence-corrected chi connectivity index (χ0v) is 14.9. The molecule has 0 radical (unpaired) electrons. The Morgan fingerprint density at radius 1 is 1.12 bits per heavy atom. The van der Waals surface area contributed by atoms with Crippen molar-refractivity contribution in [3.8, 4) is 0 Å². The second kappa shape index (κ2) is 6.45. The summed E-state index contributed by atoms with van der Waals surface area (Å²) in [5.74, 6) is 0.259. The minimum Gasteiger partial charge on any atom is -0.333 e. The normalized spacial score (nSPS) is 23.2. The maximum Gasteiger partial charge on any atom is 0.227 e. The molecule has 2 aliphatic rings. The lowest BCUT2D eigenvalue weighted by Crippen LogP contribution is -2.37. The average molecular weight is 358 g/mol. The Kier molecular flexibility index (Phi) is 4.28. The van der Waals surface area contributed by atoms with Gasteiger partial charge in [-0.3, -0.25) is 4.79 Å². The third kappa shape index (κ3) is 3.43. The standard InChI is InChI=1S/C21H21ClFNO/c1-13(14-2-6-16(22)7-3-14)24(18-10-11-18)21(25)20-12-19(20)15-4-8-17(23)9-5-15/h2-9,13,18-20H,10-12H2,1H3. The average Bonchev–Trinajstić information content (AvgIpc) is 3.50. The van der Waals surface area contributed by atoms with Gasteiger partial charge in [-0.15, -0.1) is 0 Å². The van der Waals surface area contributed by atoms with Crippen LogP contribution in [-0.2, 0) is 4.79 Å². The van der Waals surface area contributed by atoms with Crippen molar-refractivity contribution in [1.29, 1.82) is 0 Å². The van der Waals surface area contributed by atoms with Gasteiger partial charge < -0.3 is 4.90 Å². The van der Waals surface area contributed by atoms with E-state index in [0.29, 0.717) is 11.1 Å². The molecule has 3 unspecified atom stereocenters. The van der Waals surface area contributed by atoms with Crippen LogP contribution >= 0.6 is 11.6 Å². The smallest absolute Gasteiger partial charge is 0.227 e. The van der Waals surface area contributed by atoms with Crippen LogP contribution in [0.4, 0.5) is 4.39 Å². The fourth-order valence-corrected chi connectivity index (χ4v) is 3.81. The molecule has 2 aromatic carbocycles. The number of nitrogens with zero attached hydrogens (tertiary/aromatic N) is 1. The Hall–Kier alpha value is -1.87. The van der Waals surface area contributed by atoms with E-state index in [1.54, 1.807) is 12.1 Å². The Labute approximate surface area is 152 Å². The molecule has 0 N–H and O–H groups in total. The van der Waals surface area contributed by atoms with Crippen LogP contribution in [0.15, 0.2) is 48.5 Å². The van der Waals surface area contributed by atoms with Gasteiger partial charge in [0.25, 0.3) is 0 Å². The van der Waals surface area contributed by atoms with Crippen LogP contribution in [-0.4, -0.2) is 16.8 Å². The molecule has 4 rings (SSSR count). The first-order chi connectivity index (χ1) is 12.0. The minimum atomic E-state index is -0.233. The molecule has 2 aliphatic carbocycles. The Bertz CT molecular complexity index is 769. The lowest BCUT2D eigenvalue weighted by Gasteiger charge is -2.30. The number of benzene rings is 2. The maximum atomic E-state index is 13.1. The van der Waals surface area contributed by atoms with E-state index in [1.165, 1.54) is 12.1 Å². The SMILES string of the molecule is CC(c1ccc(Cl)cc1)N(C(=O)C1CC1c1ccc(F)cc1)C1CC1. The molecule has 1 amide bonds. The highest BCUT2D eigenvalue weighted by Crippen LogP contribution is 2.50. The molecule has 4 heteroatoms. The molecule has 2 nitrogen and oxygen atoms in total. The molecule has 130 valence electrons. The summed E-state index contributed by atoms with van der Waals surface area (Å²) in [5.41, 5.74) is 2.18. The van der Waals surface area contributed by atoms with Gasteiger partial charge in [0.2, 0.25) is 5.91 Å². The van der Waals surface area contributed by atoms with E-state index in [0.717, 1.165) is 30.4 Å². The number of amides is 1. The molecule has 2 fully saturated rings.